The molecular weight excluding hydrogens is 242 g/mol. The van der Waals surface area contributed by atoms with Crippen molar-refractivity contribution in [3.63, 3.8) is 0 Å². The molecule has 0 aromatic heterocycles. The molecule has 0 spiro atoms. The standard InChI is InChI=1S/C14H29N3O2/c1-2-19-13-6-14(18)17-10-5-9-16(11-12-17)8-4-3-7-15/h2-13,15H2,1H3. The number of hydrogen-bond acceptors (Lipinski definition) is 4. The van der Waals surface area contributed by atoms with E-state index in [9.17, 15) is 4.79 Å². The Bertz CT molecular complexity index is 249. The van der Waals surface area contributed by atoms with Crippen LogP contribution in [-0.4, -0.2) is 68.2 Å². The third-order valence-corrected chi connectivity index (χ3v) is 3.53. The zero-order chi connectivity index (χ0) is 13.9. The Morgan fingerprint density at radius 2 is 2.05 bits per heavy atom. The van der Waals surface area contributed by atoms with E-state index in [1.807, 2.05) is 11.8 Å². The topological polar surface area (TPSA) is 58.8 Å². The van der Waals surface area contributed by atoms with Gasteiger partial charge < -0.3 is 20.3 Å². The van der Waals surface area contributed by atoms with Gasteiger partial charge in [-0.05, 0) is 45.8 Å². The van der Waals surface area contributed by atoms with Crippen LogP contribution in [-0.2, 0) is 9.53 Å². The van der Waals surface area contributed by atoms with Crippen molar-refractivity contribution in [2.24, 2.45) is 5.73 Å². The number of amides is 1. The maximum atomic E-state index is 12.0. The number of nitrogens with two attached hydrogens (primary N) is 1. The fourth-order valence-corrected chi connectivity index (χ4v) is 2.39. The van der Waals surface area contributed by atoms with Crippen molar-refractivity contribution < 1.29 is 9.53 Å². The van der Waals surface area contributed by atoms with Crippen molar-refractivity contribution in [1.82, 2.24) is 9.80 Å². The van der Waals surface area contributed by atoms with Crippen molar-refractivity contribution in [2.45, 2.75) is 32.6 Å². The van der Waals surface area contributed by atoms with E-state index in [0.717, 1.165) is 58.5 Å². The molecule has 19 heavy (non-hydrogen) atoms. The van der Waals surface area contributed by atoms with E-state index in [0.29, 0.717) is 19.6 Å². The molecule has 5 heteroatoms. The molecule has 112 valence electrons. The first-order chi connectivity index (χ1) is 9.27. The average molecular weight is 271 g/mol. The van der Waals surface area contributed by atoms with Gasteiger partial charge in [0.2, 0.25) is 5.91 Å². The number of unbranched alkanes of at least 4 members (excludes halogenated alkanes) is 1. The van der Waals surface area contributed by atoms with Crippen molar-refractivity contribution in [1.29, 1.82) is 0 Å². The molecule has 0 unspecified atom stereocenters. The number of carbonyl (C=O) groups is 1. The Morgan fingerprint density at radius 3 is 2.79 bits per heavy atom. The monoisotopic (exact) mass is 271 g/mol. The van der Waals surface area contributed by atoms with Crippen LogP contribution in [0.15, 0.2) is 0 Å². The van der Waals surface area contributed by atoms with Crippen LogP contribution in [0.25, 0.3) is 0 Å². The molecule has 0 aromatic carbocycles. The summed E-state index contributed by atoms with van der Waals surface area (Å²) in [5.74, 6) is 0.234. The summed E-state index contributed by atoms with van der Waals surface area (Å²) >= 11 is 0. The molecule has 0 atom stereocenters. The Kier molecular flexibility index (Phi) is 8.79. The fraction of sp³-hybridized carbons (Fsp3) is 0.929. The highest BCUT2D eigenvalue weighted by atomic mass is 16.5. The predicted octanol–water partition coefficient (Wildman–Crippen LogP) is 0.686. The molecule has 1 amide bonds. The highest BCUT2D eigenvalue weighted by Gasteiger charge is 2.18. The lowest BCUT2D eigenvalue weighted by Crippen LogP contribution is -2.35. The first-order valence-corrected chi connectivity index (χ1v) is 7.56. The van der Waals surface area contributed by atoms with E-state index in [1.165, 1.54) is 0 Å². The van der Waals surface area contributed by atoms with E-state index in [1.54, 1.807) is 0 Å². The number of nitrogens with zero attached hydrogens (tertiary/aromatic N) is 2. The van der Waals surface area contributed by atoms with E-state index >= 15 is 0 Å². The maximum absolute atomic E-state index is 12.0. The highest BCUT2D eigenvalue weighted by Crippen LogP contribution is 2.06. The van der Waals surface area contributed by atoms with Gasteiger partial charge in [0.25, 0.3) is 0 Å². The van der Waals surface area contributed by atoms with Gasteiger partial charge in [-0.25, -0.2) is 0 Å². The van der Waals surface area contributed by atoms with Crippen LogP contribution >= 0.6 is 0 Å². The first-order valence-electron chi connectivity index (χ1n) is 7.56. The number of hydrogen-bond donors (Lipinski definition) is 1. The van der Waals surface area contributed by atoms with Gasteiger partial charge in [0.1, 0.15) is 0 Å². The molecule has 2 N–H and O–H groups in total. The largest absolute Gasteiger partial charge is 0.381 e. The second-order valence-electron chi connectivity index (χ2n) is 5.02. The second kappa shape index (κ2) is 10.2. The van der Waals surface area contributed by atoms with E-state index in [2.05, 4.69) is 4.90 Å². The van der Waals surface area contributed by atoms with E-state index < -0.39 is 0 Å². The van der Waals surface area contributed by atoms with Crippen molar-refractivity contribution in [2.75, 3.05) is 52.5 Å². The molecule has 1 aliphatic rings. The maximum Gasteiger partial charge on any atom is 0.224 e. The summed E-state index contributed by atoms with van der Waals surface area (Å²) in [6.45, 7) is 8.90. The molecule has 0 bridgehead atoms. The molecule has 0 radical (unpaired) electrons. The van der Waals surface area contributed by atoms with Crippen LogP contribution in [0.3, 0.4) is 0 Å². The third kappa shape index (κ3) is 6.89. The van der Waals surface area contributed by atoms with Crippen LogP contribution in [0, 0.1) is 0 Å². The van der Waals surface area contributed by atoms with Crippen LogP contribution in [0.2, 0.25) is 0 Å². The third-order valence-electron chi connectivity index (χ3n) is 3.53. The zero-order valence-electron chi connectivity index (χ0n) is 12.3. The molecule has 0 aromatic rings. The van der Waals surface area contributed by atoms with Crippen LogP contribution in [0.1, 0.15) is 32.6 Å². The number of rotatable bonds is 8. The van der Waals surface area contributed by atoms with Gasteiger partial charge in [0.15, 0.2) is 0 Å². The molecule has 1 fully saturated rings. The van der Waals surface area contributed by atoms with E-state index in [-0.39, 0.29) is 5.91 Å². The smallest absolute Gasteiger partial charge is 0.224 e. The summed E-state index contributed by atoms with van der Waals surface area (Å²) in [5, 5.41) is 0. The van der Waals surface area contributed by atoms with Gasteiger partial charge in [-0.2, -0.15) is 0 Å². The summed E-state index contributed by atoms with van der Waals surface area (Å²) in [7, 11) is 0. The Hall–Kier alpha value is -0.650. The van der Waals surface area contributed by atoms with Crippen molar-refractivity contribution in [3.8, 4) is 0 Å². The lowest BCUT2D eigenvalue weighted by molar-refractivity contribution is -0.132. The van der Waals surface area contributed by atoms with Gasteiger partial charge in [-0.15, -0.1) is 0 Å². The van der Waals surface area contributed by atoms with Crippen LogP contribution in [0.4, 0.5) is 0 Å². The molecule has 0 saturated carbocycles. The quantitative estimate of drug-likeness (QED) is 0.660. The predicted molar refractivity (Wildman–Crippen MR) is 77.0 cm³/mol. The van der Waals surface area contributed by atoms with Crippen LogP contribution in [0.5, 0.6) is 0 Å². The normalized spacial score (nSPS) is 17.5. The summed E-state index contributed by atoms with van der Waals surface area (Å²) in [4.78, 5) is 16.4. The van der Waals surface area contributed by atoms with Crippen molar-refractivity contribution >= 4 is 5.91 Å². The average Bonchev–Trinajstić information content (AvgIpc) is 2.65. The molecule has 1 heterocycles. The SMILES string of the molecule is CCOCCC(=O)N1CCCN(CCCCN)CC1. The summed E-state index contributed by atoms with van der Waals surface area (Å²) in [5.41, 5.74) is 5.51. The molecule has 5 nitrogen and oxygen atoms in total. The number of carbonyl (C=O) groups excluding carboxylic acids is 1. The number of ether oxygens (including phenoxy) is 1. The van der Waals surface area contributed by atoms with Gasteiger partial charge >= 0.3 is 0 Å². The molecule has 1 rings (SSSR count). The van der Waals surface area contributed by atoms with E-state index in [4.69, 9.17) is 10.5 Å². The Morgan fingerprint density at radius 1 is 1.21 bits per heavy atom. The lowest BCUT2D eigenvalue weighted by Gasteiger charge is -2.22. The second-order valence-corrected chi connectivity index (χ2v) is 5.02. The molecule has 1 aliphatic heterocycles. The zero-order valence-corrected chi connectivity index (χ0v) is 12.3. The minimum atomic E-state index is 0.234. The minimum Gasteiger partial charge on any atom is -0.381 e. The Labute approximate surface area is 117 Å². The van der Waals surface area contributed by atoms with Crippen molar-refractivity contribution in [3.05, 3.63) is 0 Å². The van der Waals surface area contributed by atoms with Crippen LogP contribution < -0.4 is 5.73 Å². The fourth-order valence-electron chi connectivity index (χ4n) is 2.39. The highest BCUT2D eigenvalue weighted by molar-refractivity contribution is 5.76. The summed E-state index contributed by atoms with van der Waals surface area (Å²) < 4.78 is 5.24. The van der Waals surface area contributed by atoms with Gasteiger partial charge in [0, 0.05) is 26.2 Å². The molecule has 0 aliphatic carbocycles. The van der Waals surface area contributed by atoms with Gasteiger partial charge in [0.05, 0.1) is 13.0 Å². The lowest BCUT2D eigenvalue weighted by atomic mass is 10.3. The Balaban J connectivity index is 2.22. The van der Waals surface area contributed by atoms with Gasteiger partial charge in [-0.3, -0.25) is 4.79 Å². The van der Waals surface area contributed by atoms with Gasteiger partial charge in [-0.1, -0.05) is 0 Å². The first kappa shape index (κ1) is 16.4. The molecule has 1 saturated heterocycles. The summed E-state index contributed by atoms with van der Waals surface area (Å²) in [6.07, 6.45) is 3.84. The minimum absolute atomic E-state index is 0.234. The molecular formula is C14H29N3O2. The summed E-state index contributed by atoms with van der Waals surface area (Å²) in [6, 6.07) is 0.